The number of likely N-dealkylation sites (tertiary alicyclic amines) is 1. The summed E-state index contributed by atoms with van der Waals surface area (Å²) in [6, 6.07) is 9.52. The molecule has 2 fully saturated rings. The molecule has 1 saturated heterocycles. The third-order valence-corrected chi connectivity index (χ3v) is 4.74. The van der Waals surface area contributed by atoms with Gasteiger partial charge in [0.25, 0.3) is 0 Å². The van der Waals surface area contributed by atoms with Crippen LogP contribution in [0, 0.1) is 0 Å². The van der Waals surface area contributed by atoms with Gasteiger partial charge in [-0.05, 0) is 67.3 Å². The van der Waals surface area contributed by atoms with Crippen molar-refractivity contribution in [2.75, 3.05) is 13.2 Å². The maximum absolute atomic E-state index is 5.54. The minimum atomic E-state index is 0.454. The van der Waals surface area contributed by atoms with Gasteiger partial charge in [-0.1, -0.05) is 12.1 Å². The second-order valence-electron chi connectivity index (χ2n) is 6.40. The van der Waals surface area contributed by atoms with Crippen molar-refractivity contribution in [2.24, 2.45) is 0 Å². The topological polar surface area (TPSA) is 56.1 Å². The lowest BCUT2D eigenvalue weighted by Crippen LogP contribution is -2.25. The van der Waals surface area contributed by atoms with E-state index in [1.54, 1.807) is 0 Å². The lowest BCUT2D eigenvalue weighted by atomic mass is 10.0. The Labute approximate surface area is 136 Å². The van der Waals surface area contributed by atoms with Crippen molar-refractivity contribution in [1.82, 2.24) is 25.1 Å². The van der Waals surface area contributed by atoms with Crippen LogP contribution < -0.4 is 4.74 Å². The summed E-state index contributed by atoms with van der Waals surface area (Å²) in [4.78, 5) is 2.50. The highest BCUT2D eigenvalue weighted by atomic mass is 16.5. The van der Waals surface area contributed by atoms with Gasteiger partial charge >= 0.3 is 0 Å². The standard InChI is InChI=1S/C17H23N5O/c1-2-23-15-9-5-13(6-10-15)16-4-3-11-21(16)12-17-18-19-20-22(17)14-7-8-14/h5-6,9-10,14,16H,2-4,7-8,11-12H2,1H3/t16-/m1/s1. The summed E-state index contributed by atoms with van der Waals surface area (Å²) in [5.74, 6) is 1.95. The van der Waals surface area contributed by atoms with Gasteiger partial charge in [-0.15, -0.1) is 5.10 Å². The smallest absolute Gasteiger partial charge is 0.165 e. The zero-order chi connectivity index (χ0) is 15.6. The summed E-state index contributed by atoms with van der Waals surface area (Å²) in [5, 5.41) is 12.3. The van der Waals surface area contributed by atoms with Crippen LogP contribution in [-0.4, -0.2) is 38.3 Å². The molecule has 6 heteroatoms. The van der Waals surface area contributed by atoms with Crippen molar-refractivity contribution >= 4 is 0 Å². The van der Waals surface area contributed by atoms with Crippen molar-refractivity contribution in [3.05, 3.63) is 35.7 Å². The van der Waals surface area contributed by atoms with Crippen molar-refractivity contribution in [2.45, 2.75) is 51.2 Å². The molecule has 0 N–H and O–H groups in total. The zero-order valence-electron chi connectivity index (χ0n) is 13.6. The predicted molar refractivity (Wildman–Crippen MR) is 86.1 cm³/mol. The molecule has 0 unspecified atom stereocenters. The summed E-state index contributed by atoms with van der Waals surface area (Å²) in [6.45, 7) is 4.66. The van der Waals surface area contributed by atoms with Crippen LogP contribution in [0.25, 0.3) is 0 Å². The average Bonchev–Trinajstić information content (AvgIpc) is 3.13. The monoisotopic (exact) mass is 313 g/mol. The van der Waals surface area contributed by atoms with E-state index in [2.05, 4.69) is 44.7 Å². The first-order valence-corrected chi connectivity index (χ1v) is 8.58. The Morgan fingerprint density at radius 1 is 1.17 bits per heavy atom. The van der Waals surface area contributed by atoms with Crippen LogP contribution in [0.1, 0.15) is 56.1 Å². The van der Waals surface area contributed by atoms with E-state index in [9.17, 15) is 0 Å². The number of benzene rings is 1. The Balaban J connectivity index is 1.48. The molecule has 1 aromatic heterocycles. The molecule has 0 radical (unpaired) electrons. The van der Waals surface area contributed by atoms with Crippen molar-refractivity contribution in [3.63, 3.8) is 0 Å². The van der Waals surface area contributed by atoms with Gasteiger partial charge in [0.1, 0.15) is 5.75 Å². The molecule has 1 saturated carbocycles. The summed E-state index contributed by atoms with van der Waals surface area (Å²) in [7, 11) is 0. The van der Waals surface area contributed by atoms with Crippen LogP contribution in [0.3, 0.4) is 0 Å². The number of tetrazole rings is 1. The number of hydrogen-bond acceptors (Lipinski definition) is 5. The minimum Gasteiger partial charge on any atom is -0.494 e. The van der Waals surface area contributed by atoms with Crippen molar-refractivity contribution in [1.29, 1.82) is 0 Å². The normalized spacial score (nSPS) is 21.7. The molecule has 2 heterocycles. The molecule has 23 heavy (non-hydrogen) atoms. The molecule has 1 aromatic carbocycles. The number of nitrogens with zero attached hydrogens (tertiary/aromatic N) is 5. The fraction of sp³-hybridized carbons (Fsp3) is 0.588. The number of rotatable bonds is 6. The quantitative estimate of drug-likeness (QED) is 0.821. The molecule has 0 spiro atoms. The highest BCUT2D eigenvalue weighted by Crippen LogP contribution is 2.37. The predicted octanol–water partition coefficient (Wildman–Crippen LogP) is 2.74. The van der Waals surface area contributed by atoms with Gasteiger partial charge in [0.15, 0.2) is 5.82 Å². The summed E-state index contributed by atoms with van der Waals surface area (Å²) >= 11 is 0. The molecule has 2 aliphatic rings. The van der Waals surface area contributed by atoms with Gasteiger partial charge in [-0.3, -0.25) is 4.90 Å². The van der Waals surface area contributed by atoms with Crippen LogP contribution in [0.5, 0.6) is 5.75 Å². The molecule has 1 aliphatic heterocycles. The van der Waals surface area contributed by atoms with Gasteiger partial charge in [0.05, 0.1) is 19.2 Å². The molecule has 6 nitrogen and oxygen atoms in total. The van der Waals surface area contributed by atoms with Gasteiger partial charge in [0.2, 0.25) is 0 Å². The summed E-state index contributed by atoms with van der Waals surface area (Å²) in [6.07, 6.45) is 4.84. The molecule has 1 atom stereocenters. The second kappa shape index (κ2) is 6.28. The lowest BCUT2D eigenvalue weighted by Gasteiger charge is -2.24. The van der Waals surface area contributed by atoms with E-state index in [4.69, 9.17) is 4.74 Å². The Kier molecular flexibility index (Phi) is 3.99. The first kappa shape index (κ1) is 14.6. The van der Waals surface area contributed by atoms with E-state index in [1.807, 2.05) is 11.6 Å². The van der Waals surface area contributed by atoms with Crippen molar-refractivity contribution < 1.29 is 4.74 Å². The van der Waals surface area contributed by atoms with Crippen LogP contribution in [0.4, 0.5) is 0 Å². The molecule has 122 valence electrons. The molecular weight excluding hydrogens is 290 g/mol. The van der Waals surface area contributed by atoms with E-state index in [0.717, 1.165) is 24.7 Å². The lowest BCUT2D eigenvalue weighted by molar-refractivity contribution is 0.237. The van der Waals surface area contributed by atoms with Crippen LogP contribution in [0.2, 0.25) is 0 Å². The van der Waals surface area contributed by atoms with E-state index in [0.29, 0.717) is 18.7 Å². The fourth-order valence-electron chi connectivity index (χ4n) is 3.45. The molecular formula is C17H23N5O. The van der Waals surface area contributed by atoms with Gasteiger partial charge in [-0.25, -0.2) is 4.68 Å². The highest BCUT2D eigenvalue weighted by Gasteiger charge is 2.31. The summed E-state index contributed by atoms with van der Waals surface area (Å²) in [5.41, 5.74) is 1.36. The maximum atomic E-state index is 5.54. The molecule has 2 aromatic rings. The van der Waals surface area contributed by atoms with Gasteiger partial charge in [-0.2, -0.15) is 0 Å². The SMILES string of the molecule is CCOc1ccc([C@H]2CCCN2Cc2nnnn2C2CC2)cc1. The highest BCUT2D eigenvalue weighted by molar-refractivity contribution is 5.29. The first-order chi connectivity index (χ1) is 11.3. The van der Waals surface area contributed by atoms with E-state index >= 15 is 0 Å². The van der Waals surface area contributed by atoms with E-state index < -0.39 is 0 Å². The summed E-state index contributed by atoms with van der Waals surface area (Å²) < 4.78 is 7.56. The molecule has 0 amide bonds. The number of ether oxygens (including phenoxy) is 1. The second-order valence-corrected chi connectivity index (χ2v) is 6.40. The molecule has 1 aliphatic carbocycles. The zero-order valence-corrected chi connectivity index (χ0v) is 13.6. The Bertz CT molecular complexity index is 649. The Hall–Kier alpha value is -1.95. The molecule has 0 bridgehead atoms. The van der Waals surface area contributed by atoms with Gasteiger partial charge in [0, 0.05) is 6.04 Å². The van der Waals surface area contributed by atoms with Crippen molar-refractivity contribution in [3.8, 4) is 5.75 Å². The average molecular weight is 313 g/mol. The Morgan fingerprint density at radius 3 is 2.74 bits per heavy atom. The van der Waals surface area contributed by atoms with Crippen LogP contribution in [0.15, 0.2) is 24.3 Å². The van der Waals surface area contributed by atoms with Gasteiger partial charge < -0.3 is 4.74 Å². The minimum absolute atomic E-state index is 0.454. The van der Waals surface area contributed by atoms with E-state index in [1.165, 1.54) is 31.2 Å². The third-order valence-electron chi connectivity index (χ3n) is 4.74. The molecule has 4 rings (SSSR count). The number of hydrogen-bond donors (Lipinski definition) is 0. The fourth-order valence-corrected chi connectivity index (χ4v) is 3.45. The third kappa shape index (κ3) is 3.08. The van der Waals surface area contributed by atoms with Crippen LogP contribution >= 0.6 is 0 Å². The number of aromatic nitrogens is 4. The van der Waals surface area contributed by atoms with E-state index in [-0.39, 0.29) is 0 Å². The first-order valence-electron chi connectivity index (χ1n) is 8.58. The maximum Gasteiger partial charge on any atom is 0.165 e. The Morgan fingerprint density at radius 2 is 2.00 bits per heavy atom. The largest absolute Gasteiger partial charge is 0.494 e. The van der Waals surface area contributed by atoms with Crippen LogP contribution in [-0.2, 0) is 6.54 Å².